The van der Waals surface area contributed by atoms with Gasteiger partial charge >= 0.3 is 18.2 Å². The van der Waals surface area contributed by atoms with Crippen molar-refractivity contribution < 1.29 is 41.8 Å². The molecule has 2 amide bonds. The molecule has 1 spiro atoms. The van der Waals surface area contributed by atoms with Crippen LogP contribution in [0, 0.1) is 6.92 Å². The fraction of sp³-hybridized carbons (Fsp3) is 0.739. The highest BCUT2D eigenvalue weighted by Crippen LogP contribution is 2.33. The second kappa shape index (κ2) is 13.1. The first kappa shape index (κ1) is 28.9. The molecule has 3 N–H and O–H groups in total. The highest BCUT2D eigenvalue weighted by atomic mass is 19.4. The van der Waals surface area contributed by atoms with Crippen molar-refractivity contribution in [3.8, 4) is 0 Å². The van der Waals surface area contributed by atoms with E-state index in [4.69, 9.17) is 23.8 Å². The Morgan fingerprint density at radius 1 is 1.31 bits per heavy atom. The summed E-state index contributed by atoms with van der Waals surface area (Å²) in [6, 6.07) is 3.98. The third-order valence-corrected chi connectivity index (χ3v) is 5.96. The van der Waals surface area contributed by atoms with Gasteiger partial charge in [0.1, 0.15) is 17.1 Å². The smallest absolute Gasteiger partial charge is 0.475 e. The molecule has 2 aliphatic heterocycles. The summed E-state index contributed by atoms with van der Waals surface area (Å²) < 4.78 is 49.8. The Kier molecular flexibility index (Phi) is 10.8. The normalized spacial score (nSPS) is 23.8. The molecule has 3 heterocycles. The van der Waals surface area contributed by atoms with Crippen molar-refractivity contribution in [2.75, 3.05) is 45.9 Å². The molecule has 1 aromatic rings. The largest absolute Gasteiger partial charge is 0.490 e. The number of hydrogen-bond acceptors (Lipinski definition) is 6. The molecule has 200 valence electrons. The topological polar surface area (TPSA) is 113 Å². The van der Waals surface area contributed by atoms with E-state index in [2.05, 4.69) is 28.5 Å². The van der Waals surface area contributed by atoms with Crippen LogP contribution < -0.4 is 10.6 Å². The average molecular weight is 508 g/mol. The van der Waals surface area contributed by atoms with Gasteiger partial charge in [0, 0.05) is 32.1 Å². The second-order valence-electron chi connectivity index (χ2n) is 8.97. The van der Waals surface area contributed by atoms with E-state index in [1.807, 2.05) is 19.9 Å². The van der Waals surface area contributed by atoms with Crippen molar-refractivity contribution in [2.45, 2.75) is 63.8 Å². The average Bonchev–Trinajstić information content (AvgIpc) is 3.33. The summed E-state index contributed by atoms with van der Waals surface area (Å²) in [5, 5.41) is 12.8. The van der Waals surface area contributed by atoms with E-state index in [-0.39, 0.29) is 17.7 Å². The highest BCUT2D eigenvalue weighted by molar-refractivity contribution is 5.73. The summed E-state index contributed by atoms with van der Waals surface area (Å²) in [4.78, 5) is 23.0. The summed E-state index contributed by atoms with van der Waals surface area (Å²) in [5.74, 6) is -0.331. The Labute approximate surface area is 203 Å². The number of nitrogens with zero attached hydrogens (tertiary/aromatic N) is 1. The summed E-state index contributed by atoms with van der Waals surface area (Å²) in [6.45, 7) is 11.5. The molecule has 2 saturated heterocycles. The molecule has 1 aromatic heterocycles. The number of ether oxygens (including phenoxy) is 2. The van der Waals surface area contributed by atoms with E-state index < -0.39 is 12.1 Å². The fourth-order valence-electron chi connectivity index (χ4n) is 4.10. The zero-order valence-corrected chi connectivity index (χ0v) is 20.5. The van der Waals surface area contributed by atoms with E-state index in [0.717, 1.165) is 57.0 Å². The minimum absolute atomic E-state index is 0.0520. The van der Waals surface area contributed by atoms with Gasteiger partial charge in [-0.25, -0.2) is 9.59 Å². The van der Waals surface area contributed by atoms with Crippen LogP contribution in [0.25, 0.3) is 0 Å². The third-order valence-electron chi connectivity index (χ3n) is 5.96. The number of nitrogens with one attached hydrogen (secondary N) is 2. The van der Waals surface area contributed by atoms with Gasteiger partial charge in [-0.1, -0.05) is 6.92 Å². The van der Waals surface area contributed by atoms with E-state index in [0.29, 0.717) is 25.6 Å². The molecule has 35 heavy (non-hydrogen) atoms. The maximum absolute atomic E-state index is 11.6. The number of aliphatic carboxylic acids is 1. The predicted octanol–water partition coefficient (Wildman–Crippen LogP) is 3.28. The van der Waals surface area contributed by atoms with Crippen LogP contribution in [0.1, 0.15) is 50.5 Å². The first-order valence-electron chi connectivity index (χ1n) is 11.8. The Morgan fingerprint density at radius 3 is 2.63 bits per heavy atom. The van der Waals surface area contributed by atoms with Gasteiger partial charge in [0.2, 0.25) is 0 Å². The fourth-order valence-corrected chi connectivity index (χ4v) is 4.10. The quantitative estimate of drug-likeness (QED) is 0.519. The van der Waals surface area contributed by atoms with E-state index in [1.165, 1.54) is 0 Å². The molecule has 0 aromatic carbocycles. The van der Waals surface area contributed by atoms with Crippen LogP contribution in [0.15, 0.2) is 16.5 Å². The van der Waals surface area contributed by atoms with E-state index in [1.54, 1.807) is 0 Å². The van der Waals surface area contributed by atoms with Gasteiger partial charge < -0.3 is 29.6 Å². The molecular weight excluding hydrogens is 471 g/mol. The van der Waals surface area contributed by atoms with Gasteiger partial charge in [0.05, 0.1) is 19.3 Å². The van der Waals surface area contributed by atoms with Crippen LogP contribution in [-0.4, -0.2) is 85.8 Å². The maximum atomic E-state index is 11.6. The summed E-state index contributed by atoms with van der Waals surface area (Å²) >= 11 is 0. The van der Waals surface area contributed by atoms with Crippen molar-refractivity contribution in [1.29, 1.82) is 0 Å². The maximum Gasteiger partial charge on any atom is 0.490 e. The number of halogens is 3. The number of furan rings is 1. The van der Waals surface area contributed by atoms with Crippen molar-refractivity contribution in [2.24, 2.45) is 0 Å². The van der Waals surface area contributed by atoms with E-state index in [9.17, 15) is 18.0 Å². The number of carboxylic acid groups (broad SMARTS) is 1. The van der Waals surface area contributed by atoms with Gasteiger partial charge in [0.15, 0.2) is 0 Å². The molecule has 0 bridgehead atoms. The summed E-state index contributed by atoms with van der Waals surface area (Å²) in [7, 11) is 0. The number of amides is 2. The van der Waals surface area contributed by atoms with Crippen LogP contribution >= 0.6 is 0 Å². The predicted molar refractivity (Wildman–Crippen MR) is 121 cm³/mol. The monoisotopic (exact) mass is 507 g/mol. The van der Waals surface area contributed by atoms with Crippen molar-refractivity contribution in [3.63, 3.8) is 0 Å². The Balaban J connectivity index is 0.000000540. The molecule has 3 atom stereocenters. The zero-order chi connectivity index (χ0) is 26.1. The number of aryl methyl sites for hydroxylation is 1. The van der Waals surface area contributed by atoms with E-state index >= 15 is 0 Å². The standard InChI is InChI=1S/C21H35N3O4.C2HF3O2/c1-4-22-20(25)23-13-18-7-9-21(28-18)14-24(11-12-26-15-21)10-8-16(2)19-6-5-17(3)27-19;3-2(4,5)1(6)7/h5-6,16,18H,4,7-15H2,1-3H3,(H2,22,23,25);(H,6,7)/t16-,18+,21-;/m0./s1. The Hall–Kier alpha value is -2.31. The number of carbonyl (C=O) groups is 2. The van der Waals surface area contributed by atoms with Crippen LogP contribution in [-0.2, 0) is 14.3 Å². The lowest BCUT2D eigenvalue weighted by Gasteiger charge is -2.32. The molecule has 9 nitrogen and oxygen atoms in total. The van der Waals surface area contributed by atoms with Gasteiger partial charge in [-0.3, -0.25) is 4.90 Å². The van der Waals surface area contributed by atoms with Gasteiger partial charge in [-0.2, -0.15) is 13.2 Å². The number of hydrogen-bond donors (Lipinski definition) is 3. The minimum atomic E-state index is -5.08. The number of rotatable bonds is 7. The summed E-state index contributed by atoms with van der Waals surface area (Å²) in [6.07, 6.45) is -2.06. The van der Waals surface area contributed by atoms with Gasteiger partial charge in [-0.15, -0.1) is 0 Å². The Bertz CT molecular complexity index is 819. The highest BCUT2D eigenvalue weighted by Gasteiger charge is 2.43. The van der Waals surface area contributed by atoms with Crippen molar-refractivity contribution in [3.05, 3.63) is 23.7 Å². The molecule has 2 aliphatic rings. The third kappa shape index (κ3) is 9.69. The number of carbonyl (C=O) groups excluding carboxylic acids is 1. The van der Waals surface area contributed by atoms with Crippen LogP contribution in [0.3, 0.4) is 0 Å². The van der Waals surface area contributed by atoms with Crippen LogP contribution in [0.4, 0.5) is 18.0 Å². The number of carboxylic acids is 1. The van der Waals surface area contributed by atoms with Gasteiger partial charge in [0.25, 0.3) is 0 Å². The first-order valence-corrected chi connectivity index (χ1v) is 11.8. The second-order valence-corrected chi connectivity index (χ2v) is 8.97. The molecule has 0 radical (unpaired) electrons. The molecule has 0 unspecified atom stereocenters. The Morgan fingerprint density at radius 2 is 2.03 bits per heavy atom. The van der Waals surface area contributed by atoms with Crippen LogP contribution in [0.5, 0.6) is 0 Å². The number of alkyl halides is 3. The molecule has 0 aliphatic carbocycles. The lowest BCUT2D eigenvalue weighted by atomic mass is 9.99. The SMILES string of the molecule is CCNC(=O)NC[C@H]1CC[C@]2(COCCN(CC[C@H](C)c3ccc(C)o3)C2)O1.O=C(O)C(F)(F)F. The summed E-state index contributed by atoms with van der Waals surface area (Å²) in [5.41, 5.74) is -0.255. The molecule has 2 fully saturated rings. The van der Waals surface area contributed by atoms with Gasteiger partial charge in [-0.05, 0) is 51.8 Å². The minimum Gasteiger partial charge on any atom is -0.475 e. The first-order chi connectivity index (χ1) is 16.4. The van der Waals surface area contributed by atoms with Crippen LogP contribution in [0.2, 0.25) is 0 Å². The molecule has 12 heteroatoms. The molecule has 3 rings (SSSR count). The lowest BCUT2D eigenvalue weighted by molar-refractivity contribution is -0.192. The van der Waals surface area contributed by atoms with Crippen molar-refractivity contribution in [1.82, 2.24) is 15.5 Å². The molecular formula is C23H36F3N3O6. The molecule has 0 saturated carbocycles. The van der Waals surface area contributed by atoms with Crippen molar-refractivity contribution >= 4 is 12.0 Å². The zero-order valence-electron chi connectivity index (χ0n) is 20.5. The number of urea groups is 1. The lowest BCUT2D eigenvalue weighted by Crippen LogP contribution is -2.46.